The number of amides is 1. The molecule has 0 fully saturated rings. The van der Waals surface area contributed by atoms with Crippen LogP contribution in [0.1, 0.15) is 6.92 Å². The van der Waals surface area contributed by atoms with E-state index in [1.54, 1.807) is 49.1 Å². The standard InChI is InChI=1S/C16H15N5O4S/c1-10(15(22)17-11-6-3-4-7-12(11)21(23)24)26-16-19-18-14(20(16)2)13-8-5-9-25-13/h3-10H,1-2H3,(H,17,22)/t10-/m0/s1. The highest BCUT2D eigenvalue weighted by Gasteiger charge is 2.22. The number of hydrogen-bond acceptors (Lipinski definition) is 7. The second-order valence-electron chi connectivity index (χ2n) is 5.37. The van der Waals surface area contributed by atoms with Gasteiger partial charge in [0.25, 0.3) is 5.69 Å². The van der Waals surface area contributed by atoms with E-state index in [2.05, 4.69) is 15.5 Å². The summed E-state index contributed by atoms with van der Waals surface area (Å²) in [5.74, 6) is 0.750. The molecular formula is C16H15N5O4S. The first-order chi connectivity index (χ1) is 12.5. The number of anilines is 1. The van der Waals surface area contributed by atoms with Gasteiger partial charge in [-0.3, -0.25) is 14.9 Å². The van der Waals surface area contributed by atoms with Crippen molar-refractivity contribution in [2.45, 2.75) is 17.3 Å². The van der Waals surface area contributed by atoms with Crippen LogP contribution in [0.15, 0.2) is 52.2 Å². The average Bonchev–Trinajstić information content (AvgIpc) is 3.25. The summed E-state index contributed by atoms with van der Waals surface area (Å²) in [5.41, 5.74) is 0.000929. The van der Waals surface area contributed by atoms with Crippen molar-refractivity contribution in [1.29, 1.82) is 0 Å². The summed E-state index contributed by atoms with van der Waals surface area (Å²) < 4.78 is 7.03. The largest absolute Gasteiger partial charge is 0.461 e. The quantitative estimate of drug-likeness (QED) is 0.401. The number of nitro benzene ring substituents is 1. The van der Waals surface area contributed by atoms with Gasteiger partial charge in [0, 0.05) is 13.1 Å². The van der Waals surface area contributed by atoms with E-state index in [1.165, 1.54) is 23.9 Å². The molecule has 0 radical (unpaired) electrons. The summed E-state index contributed by atoms with van der Waals surface area (Å²) in [7, 11) is 1.77. The molecule has 1 aromatic carbocycles. The lowest BCUT2D eigenvalue weighted by Crippen LogP contribution is -2.23. The third kappa shape index (κ3) is 3.59. The molecular weight excluding hydrogens is 358 g/mol. The number of hydrogen-bond donors (Lipinski definition) is 1. The smallest absolute Gasteiger partial charge is 0.292 e. The topological polar surface area (TPSA) is 116 Å². The van der Waals surface area contributed by atoms with Gasteiger partial charge in [-0.15, -0.1) is 10.2 Å². The van der Waals surface area contributed by atoms with Crippen LogP contribution in [0, 0.1) is 10.1 Å². The van der Waals surface area contributed by atoms with Gasteiger partial charge >= 0.3 is 0 Å². The van der Waals surface area contributed by atoms with Crippen LogP contribution in [0.5, 0.6) is 0 Å². The van der Waals surface area contributed by atoms with Crippen LogP contribution in [0.25, 0.3) is 11.6 Å². The van der Waals surface area contributed by atoms with Gasteiger partial charge in [-0.05, 0) is 25.1 Å². The number of benzene rings is 1. The van der Waals surface area contributed by atoms with Gasteiger partial charge in [-0.25, -0.2) is 0 Å². The molecule has 1 N–H and O–H groups in total. The molecule has 9 nitrogen and oxygen atoms in total. The predicted octanol–water partition coefficient (Wildman–Crippen LogP) is 3.10. The highest BCUT2D eigenvalue weighted by molar-refractivity contribution is 8.00. The Morgan fingerprint density at radius 1 is 1.31 bits per heavy atom. The van der Waals surface area contributed by atoms with Crippen molar-refractivity contribution in [2.24, 2.45) is 7.05 Å². The molecule has 10 heteroatoms. The molecule has 2 heterocycles. The Balaban J connectivity index is 1.72. The Bertz CT molecular complexity index is 938. The van der Waals surface area contributed by atoms with Crippen LogP contribution in [0.3, 0.4) is 0 Å². The number of rotatable bonds is 6. The lowest BCUT2D eigenvalue weighted by Gasteiger charge is -2.11. The fourth-order valence-electron chi connectivity index (χ4n) is 2.22. The monoisotopic (exact) mass is 373 g/mol. The molecule has 0 aliphatic heterocycles. The van der Waals surface area contributed by atoms with Crippen LogP contribution in [-0.4, -0.2) is 30.8 Å². The number of carbonyl (C=O) groups is 1. The average molecular weight is 373 g/mol. The van der Waals surface area contributed by atoms with Crippen molar-refractivity contribution >= 4 is 29.0 Å². The molecule has 2 aromatic heterocycles. The van der Waals surface area contributed by atoms with Gasteiger partial charge in [0.1, 0.15) is 5.69 Å². The first-order valence-electron chi connectivity index (χ1n) is 7.61. The number of nitro groups is 1. The van der Waals surface area contributed by atoms with Crippen molar-refractivity contribution in [3.8, 4) is 11.6 Å². The van der Waals surface area contributed by atoms with Crippen molar-refractivity contribution < 1.29 is 14.1 Å². The number of carbonyl (C=O) groups excluding carboxylic acids is 1. The van der Waals surface area contributed by atoms with E-state index in [9.17, 15) is 14.9 Å². The van der Waals surface area contributed by atoms with E-state index in [0.29, 0.717) is 16.7 Å². The van der Waals surface area contributed by atoms with Gasteiger partial charge < -0.3 is 14.3 Å². The van der Waals surface area contributed by atoms with Gasteiger partial charge in [0.15, 0.2) is 16.7 Å². The second-order valence-corrected chi connectivity index (χ2v) is 6.67. The van der Waals surface area contributed by atoms with Gasteiger partial charge in [0.05, 0.1) is 16.4 Å². The molecule has 0 saturated heterocycles. The van der Waals surface area contributed by atoms with E-state index in [1.807, 2.05) is 0 Å². The lowest BCUT2D eigenvalue weighted by atomic mass is 10.2. The highest BCUT2D eigenvalue weighted by atomic mass is 32.2. The molecule has 3 rings (SSSR count). The molecule has 0 aliphatic rings. The zero-order valence-corrected chi connectivity index (χ0v) is 14.8. The van der Waals surface area contributed by atoms with Crippen LogP contribution in [0.4, 0.5) is 11.4 Å². The molecule has 134 valence electrons. The van der Waals surface area contributed by atoms with Crippen molar-refractivity contribution in [3.63, 3.8) is 0 Å². The maximum atomic E-state index is 12.4. The first kappa shape index (κ1) is 17.7. The van der Waals surface area contributed by atoms with Crippen molar-refractivity contribution in [1.82, 2.24) is 14.8 Å². The summed E-state index contributed by atoms with van der Waals surface area (Å²) in [5, 5.41) is 21.8. The normalized spacial score (nSPS) is 11.9. The summed E-state index contributed by atoms with van der Waals surface area (Å²) in [6.07, 6.45) is 1.54. The molecule has 0 saturated carbocycles. The maximum Gasteiger partial charge on any atom is 0.292 e. The Hall–Kier alpha value is -3.14. The molecule has 1 amide bonds. The number of aromatic nitrogens is 3. The highest BCUT2D eigenvalue weighted by Crippen LogP contribution is 2.28. The SMILES string of the molecule is C[C@H](Sc1nnc(-c2ccco2)n1C)C(=O)Nc1ccccc1[N+](=O)[O-]. The minimum atomic E-state index is -0.540. The molecule has 3 aromatic rings. The Morgan fingerprint density at radius 2 is 2.08 bits per heavy atom. The van der Waals surface area contributed by atoms with E-state index in [-0.39, 0.29) is 17.3 Å². The summed E-state index contributed by atoms with van der Waals surface area (Å²) >= 11 is 1.20. The van der Waals surface area contributed by atoms with Gasteiger partial charge in [-0.2, -0.15) is 0 Å². The minimum absolute atomic E-state index is 0.156. The molecule has 0 bridgehead atoms. The predicted molar refractivity (Wildman–Crippen MR) is 95.8 cm³/mol. The third-order valence-electron chi connectivity index (χ3n) is 3.59. The summed E-state index contributed by atoms with van der Waals surface area (Å²) in [6, 6.07) is 9.51. The first-order valence-corrected chi connectivity index (χ1v) is 8.49. The van der Waals surface area contributed by atoms with Crippen LogP contribution in [-0.2, 0) is 11.8 Å². The number of furan rings is 1. The second kappa shape index (κ2) is 7.40. The Kier molecular flexibility index (Phi) is 5.03. The fraction of sp³-hybridized carbons (Fsp3) is 0.188. The van der Waals surface area contributed by atoms with Crippen molar-refractivity contribution in [2.75, 3.05) is 5.32 Å². The van der Waals surface area contributed by atoms with Crippen LogP contribution in [0.2, 0.25) is 0 Å². The van der Waals surface area contributed by atoms with Crippen molar-refractivity contribution in [3.05, 3.63) is 52.8 Å². The van der Waals surface area contributed by atoms with Gasteiger partial charge in [0.2, 0.25) is 5.91 Å². The number of nitrogens with one attached hydrogen (secondary N) is 1. The molecule has 0 aliphatic carbocycles. The molecule has 26 heavy (non-hydrogen) atoms. The van der Waals surface area contributed by atoms with Crippen LogP contribution >= 0.6 is 11.8 Å². The fourth-order valence-corrected chi connectivity index (χ4v) is 3.04. The number of thioether (sulfide) groups is 1. The minimum Gasteiger partial charge on any atom is -0.461 e. The van der Waals surface area contributed by atoms with Gasteiger partial charge in [-0.1, -0.05) is 23.9 Å². The van der Waals surface area contributed by atoms with E-state index in [0.717, 1.165) is 0 Å². The zero-order valence-electron chi connectivity index (χ0n) is 13.9. The Morgan fingerprint density at radius 3 is 2.77 bits per heavy atom. The number of nitrogens with zero attached hydrogens (tertiary/aromatic N) is 4. The molecule has 1 atom stereocenters. The zero-order chi connectivity index (χ0) is 18.7. The number of para-hydroxylation sites is 2. The summed E-state index contributed by atoms with van der Waals surface area (Å²) in [4.78, 5) is 22.9. The third-order valence-corrected chi connectivity index (χ3v) is 4.72. The van der Waals surface area contributed by atoms with E-state index < -0.39 is 10.2 Å². The Labute approximate surface area is 152 Å². The van der Waals surface area contributed by atoms with E-state index in [4.69, 9.17) is 4.42 Å². The summed E-state index contributed by atoms with van der Waals surface area (Å²) in [6.45, 7) is 1.69. The van der Waals surface area contributed by atoms with E-state index >= 15 is 0 Å². The maximum absolute atomic E-state index is 12.4. The molecule has 0 unspecified atom stereocenters. The van der Waals surface area contributed by atoms with Crippen LogP contribution < -0.4 is 5.32 Å². The molecule has 0 spiro atoms. The lowest BCUT2D eigenvalue weighted by molar-refractivity contribution is -0.383.